The van der Waals surface area contributed by atoms with E-state index < -0.39 is 28.3 Å². The minimum absolute atomic E-state index is 0.0322. The maximum absolute atomic E-state index is 13.4. The van der Waals surface area contributed by atoms with Gasteiger partial charge in [0.2, 0.25) is 5.91 Å². The first-order chi connectivity index (χ1) is 15.7. The summed E-state index contributed by atoms with van der Waals surface area (Å²) in [7, 11) is -4.06. The maximum Gasteiger partial charge on any atom is 0.264 e. The lowest BCUT2D eigenvalue weighted by atomic mass is 10.2. The lowest BCUT2D eigenvalue weighted by molar-refractivity contribution is -0.119. The summed E-state index contributed by atoms with van der Waals surface area (Å²) in [6.07, 6.45) is 0. The van der Waals surface area contributed by atoms with E-state index in [-0.39, 0.29) is 23.7 Å². The third kappa shape index (κ3) is 6.46. The largest absolute Gasteiger partial charge is 0.492 e. The number of anilines is 1. The van der Waals surface area contributed by atoms with Crippen molar-refractivity contribution in [3.63, 3.8) is 0 Å². The van der Waals surface area contributed by atoms with Gasteiger partial charge in [-0.05, 0) is 67.9 Å². The van der Waals surface area contributed by atoms with Gasteiger partial charge in [0.1, 0.15) is 24.7 Å². The molecule has 0 saturated carbocycles. The van der Waals surface area contributed by atoms with Gasteiger partial charge >= 0.3 is 0 Å². The Labute approximate surface area is 198 Å². The fraction of sp³-hybridized carbons (Fsp3) is 0.208. The van der Waals surface area contributed by atoms with E-state index in [4.69, 9.17) is 16.3 Å². The van der Waals surface area contributed by atoms with E-state index in [1.165, 1.54) is 24.3 Å². The number of nitrogens with one attached hydrogen (secondary N) is 1. The highest BCUT2D eigenvalue weighted by Gasteiger charge is 2.27. The molecule has 3 aromatic rings. The van der Waals surface area contributed by atoms with Crippen molar-refractivity contribution in [1.29, 1.82) is 0 Å². The van der Waals surface area contributed by atoms with E-state index in [1.54, 1.807) is 24.3 Å². The van der Waals surface area contributed by atoms with Crippen molar-refractivity contribution in [2.24, 2.45) is 0 Å². The lowest BCUT2D eigenvalue weighted by Crippen LogP contribution is -2.41. The summed E-state index contributed by atoms with van der Waals surface area (Å²) < 4.78 is 46.4. The van der Waals surface area contributed by atoms with Crippen molar-refractivity contribution in [3.8, 4) is 5.75 Å². The Hall–Kier alpha value is -3.10. The van der Waals surface area contributed by atoms with Gasteiger partial charge in [-0.2, -0.15) is 0 Å². The Bertz CT molecular complexity index is 1220. The molecule has 1 amide bonds. The Morgan fingerprint density at radius 1 is 1.03 bits per heavy atom. The van der Waals surface area contributed by atoms with Gasteiger partial charge in [0, 0.05) is 5.02 Å². The van der Waals surface area contributed by atoms with Crippen LogP contribution in [0.5, 0.6) is 5.75 Å². The number of ether oxygens (including phenoxy) is 1. The fourth-order valence-electron chi connectivity index (χ4n) is 2.97. The molecule has 174 valence electrons. The first-order valence-corrected chi connectivity index (χ1v) is 12.0. The van der Waals surface area contributed by atoms with Crippen LogP contribution in [0.15, 0.2) is 71.6 Å². The van der Waals surface area contributed by atoms with Crippen LogP contribution in [0.3, 0.4) is 0 Å². The van der Waals surface area contributed by atoms with E-state index in [1.807, 2.05) is 19.9 Å². The molecule has 3 rings (SSSR count). The molecule has 0 aliphatic rings. The number of rotatable bonds is 9. The Morgan fingerprint density at radius 3 is 2.33 bits per heavy atom. The summed E-state index contributed by atoms with van der Waals surface area (Å²) in [4.78, 5) is 12.6. The van der Waals surface area contributed by atoms with Gasteiger partial charge in [-0.15, -0.1) is 0 Å². The van der Waals surface area contributed by atoms with Gasteiger partial charge in [0.05, 0.1) is 17.1 Å². The number of carbonyl (C=O) groups excluding carboxylic acids is 1. The van der Waals surface area contributed by atoms with Gasteiger partial charge in [0.25, 0.3) is 10.0 Å². The van der Waals surface area contributed by atoms with E-state index in [2.05, 4.69) is 5.32 Å². The van der Waals surface area contributed by atoms with E-state index in [9.17, 15) is 17.6 Å². The first-order valence-electron chi connectivity index (χ1n) is 10.2. The quantitative estimate of drug-likeness (QED) is 0.448. The molecule has 0 heterocycles. The standard InChI is InChI=1S/C24H24ClFN2O4S/c1-17-3-11-22(12-4-17)33(30,31)28(20-8-6-19(26)7-9-20)16-24(29)27-13-14-32-21-10-5-18(2)23(25)15-21/h3-12,15H,13-14,16H2,1-2H3,(H,27,29). The summed E-state index contributed by atoms with van der Waals surface area (Å²) in [5, 5.41) is 3.22. The second-order valence-corrected chi connectivity index (χ2v) is 9.68. The van der Waals surface area contributed by atoms with Crippen LogP contribution in [0.4, 0.5) is 10.1 Å². The number of hydrogen-bond donors (Lipinski definition) is 1. The van der Waals surface area contributed by atoms with Crippen LogP contribution in [0, 0.1) is 19.7 Å². The molecule has 0 bridgehead atoms. The average Bonchev–Trinajstić information content (AvgIpc) is 2.78. The minimum atomic E-state index is -4.06. The molecule has 0 spiro atoms. The third-order valence-corrected chi connectivity index (χ3v) is 7.04. The highest BCUT2D eigenvalue weighted by atomic mass is 35.5. The second kappa shape index (κ2) is 10.7. The molecular weight excluding hydrogens is 467 g/mol. The molecule has 9 heteroatoms. The molecule has 6 nitrogen and oxygen atoms in total. The smallest absolute Gasteiger partial charge is 0.264 e. The number of nitrogens with zero attached hydrogens (tertiary/aromatic N) is 1. The molecule has 3 aromatic carbocycles. The van der Waals surface area contributed by atoms with E-state index in [0.717, 1.165) is 27.6 Å². The van der Waals surface area contributed by atoms with Crippen LogP contribution >= 0.6 is 11.6 Å². The summed E-state index contributed by atoms with van der Waals surface area (Å²) in [5.74, 6) is -0.473. The molecule has 0 aromatic heterocycles. The topological polar surface area (TPSA) is 75.7 Å². The average molecular weight is 491 g/mol. The molecular formula is C24H24ClFN2O4S. The van der Waals surface area contributed by atoms with Crippen molar-refractivity contribution in [1.82, 2.24) is 5.32 Å². The zero-order valence-corrected chi connectivity index (χ0v) is 19.8. The number of carbonyl (C=O) groups is 1. The van der Waals surface area contributed by atoms with Gasteiger partial charge in [0.15, 0.2) is 0 Å². The maximum atomic E-state index is 13.4. The van der Waals surface area contributed by atoms with Crippen LogP contribution < -0.4 is 14.4 Å². The predicted molar refractivity (Wildman–Crippen MR) is 127 cm³/mol. The van der Waals surface area contributed by atoms with E-state index in [0.29, 0.717) is 10.8 Å². The van der Waals surface area contributed by atoms with Gasteiger partial charge in [-0.3, -0.25) is 9.10 Å². The third-order valence-electron chi connectivity index (χ3n) is 4.85. The van der Waals surface area contributed by atoms with E-state index >= 15 is 0 Å². The summed E-state index contributed by atoms with van der Waals surface area (Å²) in [6, 6.07) is 16.5. The van der Waals surface area contributed by atoms with Crippen molar-refractivity contribution in [3.05, 3.63) is 88.7 Å². The summed E-state index contributed by atoms with van der Waals surface area (Å²) in [6.45, 7) is 3.58. The summed E-state index contributed by atoms with van der Waals surface area (Å²) >= 11 is 6.07. The zero-order valence-electron chi connectivity index (χ0n) is 18.2. The van der Waals surface area contributed by atoms with Crippen LogP contribution in [0.1, 0.15) is 11.1 Å². The number of aryl methyl sites for hydroxylation is 2. The molecule has 0 aliphatic carbocycles. The highest BCUT2D eigenvalue weighted by Crippen LogP contribution is 2.24. The fourth-order valence-corrected chi connectivity index (χ4v) is 4.56. The van der Waals surface area contributed by atoms with Crippen molar-refractivity contribution < 1.29 is 22.3 Å². The molecule has 0 saturated heterocycles. The minimum Gasteiger partial charge on any atom is -0.492 e. The molecule has 1 N–H and O–H groups in total. The molecule has 0 aliphatic heterocycles. The molecule has 0 atom stereocenters. The van der Waals surface area contributed by atoms with Crippen LogP contribution in [-0.4, -0.2) is 34.0 Å². The number of halogens is 2. The Morgan fingerprint density at radius 2 is 1.70 bits per heavy atom. The number of sulfonamides is 1. The highest BCUT2D eigenvalue weighted by molar-refractivity contribution is 7.92. The molecule has 0 fully saturated rings. The van der Waals surface area contributed by atoms with Crippen LogP contribution in [0.25, 0.3) is 0 Å². The second-order valence-electron chi connectivity index (χ2n) is 7.41. The van der Waals surface area contributed by atoms with Gasteiger partial charge < -0.3 is 10.1 Å². The van der Waals surface area contributed by atoms with Crippen molar-refractivity contribution in [2.75, 3.05) is 24.0 Å². The first kappa shape index (κ1) is 24.5. The normalized spacial score (nSPS) is 11.2. The number of amides is 1. The monoisotopic (exact) mass is 490 g/mol. The number of benzene rings is 3. The molecule has 0 unspecified atom stereocenters. The Balaban J connectivity index is 1.69. The molecule has 0 radical (unpaired) electrons. The predicted octanol–water partition coefficient (Wildman–Crippen LogP) is 4.49. The zero-order chi connectivity index (χ0) is 24.0. The van der Waals surface area contributed by atoms with Gasteiger partial charge in [-0.1, -0.05) is 35.4 Å². The van der Waals surface area contributed by atoms with Gasteiger partial charge in [-0.25, -0.2) is 12.8 Å². The molecule has 33 heavy (non-hydrogen) atoms. The van der Waals surface area contributed by atoms with Crippen LogP contribution in [-0.2, 0) is 14.8 Å². The SMILES string of the molecule is Cc1ccc(S(=O)(=O)N(CC(=O)NCCOc2ccc(C)c(Cl)c2)c2ccc(F)cc2)cc1. The summed E-state index contributed by atoms with van der Waals surface area (Å²) in [5.41, 5.74) is 2.00. The number of hydrogen-bond acceptors (Lipinski definition) is 4. The van der Waals surface area contributed by atoms with Crippen molar-refractivity contribution in [2.45, 2.75) is 18.7 Å². The Kier molecular flexibility index (Phi) is 7.94. The van der Waals surface area contributed by atoms with Crippen molar-refractivity contribution >= 4 is 33.2 Å². The lowest BCUT2D eigenvalue weighted by Gasteiger charge is -2.24. The van der Waals surface area contributed by atoms with Crippen LogP contribution in [0.2, 0.25) is 5.02 Å².